The van der Waals surface area contributed by atoms with Gasteiger partial charge in [-0.05, 0) is 35.6 Å². The Kier molecular flexibility index (Phi) is 4.36. The predicted octanol–water partition coefficient (Wildman–Crippen LogP) is 3.56. The van der Waals surface area contributed by atoms with Crippen molar-refractivity contribution >= 4 is 33.1 Å². The number of carbonyl (C=O) groups excluding carboxylic acids is 1. The first-order valence-electron chi connectivity index (χ1n) is 8.19. The van der Waals surface area contributed by atoms with Crippen molar-refractivity contribution in [2.75, 3.05) is 5.32 Å². The molecular formula is C19H21N3O3S. The second kappa shape index (κ2) is 6.25. The first kappa shape index (κ1) is 18.1. The van der Waals surface area contributed by atoms with Crippen LogP contribution in [0.25, 0.3) is 10.2 Å². The van der Waals surface area contributed by atoms with Gasteiger partial charge in [-0.1, -0.05) is 26.8 Å². The lowest BCUT2D eigenvalue weighted by atomic mass is 9.87. The van der Waals surface area contributed by atoms with Gasteiger partial charge in [-0.2, -0.15) is 0 Å². The summed E-state index contributed by atoms with van der Waals surface area (Å²) < 4.78 is 1.39. The molecule has 0 bridgehead atoms. The molecule has 2 heterocycles. The first-order chi connectivity index (χ1) is 12.1. The zero-order valence-corrected chi connectivity index (χ0v) is 16.2. The number of rotatable bonds is 2. The lowest BCUT2D eigenvalue weighted by molar-refractivity contribution is 0.102. The molecule has 26 heavy (non-hydrogen) atoms. The van der Waals surface area contributed by atoms with Gasteiger partial charge in [-0.3, -0.25) is 9.59 Å². The number of aryl methyl sites for hydroxylation is 2. The molecular weight excluding hydrogens is 350 g/mol. The molecule has 7 heteroatoms. The van der Waals surface area contributed by atoms with Gasteiger partial charge in [0.05, 0.1) is 22.3 Å². The van der Waals surface area contributed by atoms with Crippen molar-refractivity contribution in [1.29, 1.82) is 0 Å². The van der Waals surface area contributed by atoms with E-state index in [-0.39, 0.29) is 22.6 Å². The normalized spacial score (nSPS) is 11.7. The number of fused-ring (bicyclic) bond motifs is 1. The molecule has 0 atom stereocenters. The van der Waals surface area contributed by atoms with Crippen LogP contribution >= 0.6 is 11.3 Å². The molecule has 0 spiro atoms. The third-order valence-corrected chi connectivity index (χ3v) is 5.53. The summed E-state index contributed by atoms with van der Waals surface area (Å²) in [6, 6.07) is 5.18. The third-order valence-electron chi connectivity index (χ3n) is 4.33. The second-order valence-electron chi connectivity index (χ2n) is 7.33. The summed E-state index contributed by atoms with van der Waals surface area (Å²) in [7, 11) is 1.63. The van der Waals surface area contributed by atoms with E-state index in [1.807, 2.05) is 6.07 Å². The number of carbonyl (C=O) groups is 1. The summed E-state index contributed by atoms with van der Waals surface area (Å²) in [4.78, 5) is 30.2. The van der Waals surface area contributed by atoms with Crippen molar-refractivity contribution < 1.29 is 9.90 Å². The van der Waals surface area contributed by atoms with Crippen molar-refractivity contribution in [2.45, 2.75) is 33.1 Å². The van der Waals surface area contributed by atoms with Gasteiger partial charge in [0.25, 0.3) is 11.5 Å². The Morgan fingerprint density at radius 1 is 1.31 bits per heavy atom. The molecule has 0 saturated heterocycles. The van der Waals surface area contributed by atoms with E-state index in [1.54, 1.807) is 26.1 Å². The number of nitrogens with one attached hydrogen (secondary N) is 1. The van der Waals surface area contributed by atoms with E-state index in [2.05, 4.69) is 31.1 Å². The Morgan fingerprint density at radius 3 is 2.65 bits per heavy atom. The van der Waals surface area contributed by atoms with Gasteiger partial charge in [0.15, 0.2) is 0 Å². The number of aromatic hydroxyl groups is 1. The Labute approximate surface area is 155 Å². The molecule has 6 nitrogen and oxygen atoms in total. The number of benzene rings is 1. The lowest BCUT2D eigenvalue weighted by Crippen LogP contribution is -2.17. The van der Waals surface area contributed by atoms with E-state index in [4.69, 9.17) is 0 Å². The minimum atomic E-state index is -0.367. The van der Waals surface area contributed by atoms with E-state index in [1.165, 1.54) is 22.2 Å². The predicted molar refractivity (Wildman–Crippen MR) is 104 cm³/mol. The number of hydrogen-bond acceptors (Lipinski definition) is 5. The molecule has 136 valence electrons. The summed E-state index contributed by atoms with van der Waals surface area (Å²) in [5.74, 6) is -0.368. The van der Waals surface area contributed by atoms with Gasteiger partial charge in [0, 0.05) is 7.05 Å². The maximum atomic E-state index is 12.8. The zero-order valence-electron chi connectivity index (χ0n) is 15.4. The summed E-state index contributed by atoms with van der Waals surface area (Å²) in [6.45, 7) is 7.91. The molecule has 0 saturated carbocycles. The lowest BCUT2D eigenvalue weighted by Gasteiger charge is -2.20. The SMILES string of the molecule is Cc1c(C(=O)Nc2cc(C(C)(C)C)ccc2O)sc2ncn(C)c(=O)c12. The van der Waals surface area contributed by atoms with Crippen molar-refractivity contribution in [3.05, 3.63) is 50.9 Å². The molecule has 0 aliphatic carbocycles. The molecule has 0 aliphatic heterocycles. The van der Waals surface area contributed by atoms with Gasteiger partial charge in [0.1, 0.15) is 10.6 Å². The monoisotopic (exact) mass is 371 g/mol. The third kappa shape index (κ3) is 3.10. The average Bonchev–Trinajstić information content (AvgIpc) is 2.89. The summed E-state index contributed by atoms with van der Waals surface area (Å²) in [5.41, 5.74) is 1.65. The fourth-order valence-electron chi connectivity index (χ4n) is 2.71. The molecule has 3 rings (SSSR count). The van der Waals surface area contributed by atoms with E-state index in [9.17, 15) is 14.7 Å². The largest absolute Gasteiger partial charge is 0.506 e. The Balaban J connectivity index is 2.02. The Hall–Kier alpha value is -2.67. The zero-order chi connectivity index (χ0) is 19.2. The van der Waals surface area contributed by atoms with E-state index in [0.29, 0.717) is 26.3 Å². The van der Waals surface area contributed by atoms with E-state index in [0.717, 1.165) is 5.56 Å². The molecule has 0 aliphatic rings. The maximum Gasteiger partial charge on any atom is 0.266 e. The maximum absolute atomic E-state index is 12.8. The summed E-state index contributed by atoms with van der Waals surface area (Å²) in [6.07, 6.45) is 1.45. The molecule has 2 N–H and O–H groups in total. The first-order valence-corrected chi connectivity index (χ1v) is 9.01. The highest BCUT2D eigenvalue weighted by molar-refractivity contribution is 7.20. The fourth-order valence-corrected chi connectivity index (χ4v) is 3.74. The van der Waals surface area contributed by atoms with Crippen LogP contribution in [-0.2, 0) is 12.5 Å². The smallest absolute Gasteiger partial charge is 0.266 e. The van der Waals surface area contributed by atoms with Crippen molar-refractivity contribution in [3.8, 4) is 5.75 Å². The number of phenolic OH excluding ortho intramolecular Hbond substituents is 1. The molecule has 1 aromatic carbocycles. The highest BCUT2D eigenvalue weighted by Crippen LogP contribution is 2.32. The molecule has 0 fully saturated rings. The van der Waals surface area contributed by atoms with Crippen molar-refractivity contribution in [1.82, 2.24) is 9.55 Å². The van der Waals surface area contributed by atoms with Crippen LogP contribution < -0.4 is 10.9 Å². The van der Waals surface area contributed by atoms with Crippen LogP contribution in [0.2, 0.25) is 0 Å². The number of nitrogens with zero attached hydrogens (tertiary/aromatic N) is 2. The van der Waals surface area contributed by atoms with Crippen LogP contribution in [-0.4, -0.2) is 20.6 Å². The van der Waals surface area contributed by atoms with Gasteiger partial charge in [-0.25, -0.2) is 4.98 Å². The number of anilines is 1. The summed E-state index contributed by atoms with van der Waals surface area (Å²) >= 11 is 1.17. The van der Waals surface area contributed by atoms with Gasteiger partial charge in [-0.15, -0.1) is 11.3 Å². The molecule has 1 amide bonds. The highest BCUT2D eigenvalue weighted by Gasteiger charge is 2.21. The van der Waals surface area contributed by atoms with Crippen LogP contribution in [0, 0.1) is 6.92 Å². The minimum absolute atomic E-state index is 0.000784. The number of thiophene rings is 1. The molecule has 2 aromatic heterocycles. The Morgan fingerprint density at radius 2 is 2.00 bits per heavy atom. The van der Waals surface area contributed by atoms with Gasteiger partial charge < -0.3 is 15.0 Å². The van der Waals surface area contributed by atoms with Crippen molar-refractivity contribution in [2.24, 2.45) is 7.05 Å². The van der Waals surface area contributed by atoms with Crippen LogP contribution in [0.1, 0.15) is 41.6 Å². The fraction of sp³-hybridized carbons (Fsp3) is 0.316. The van der Waals surface area contributed by atoms with Crippen LogP contribution in [0.3, 0.4) is 0 Å². The van der Waals surface area contributed by atoms with Crippen LogP contribution in [0.5, 0.6) is 5.75 Å². The number of phenols is 1. The number of aromatic nitrogens is 2. The average molecular weight is 371 g/mol. The molecule has 0 unspecified atom stereocenters. The van der Waals surface area contributed by atoms with Gasteiger partial charge in [0.2, 0.25) is 0 Å². The minimum Gasteiger partial charge on any atom is -0.506 e. The molecule has 3 aromatic rings. The second-order valence-corrected chi connectivity index (χ2v) is 8.33. The van der Waals surface area contributed by atoms with Crippen LogP contribution in [0.15, 0.2) is 29.3 Å². The topological polar surface area (TPSA) is 84.2 Å². The van der Waals surface area contributed by atoms with Crippen molar-refractivity contribution in [3.63, 3.8) is 0 Å². The quantitative estimate of drug-likeness (QED) is 0.675. The number of hydrogen-bond donors (Lipinski definition) is 2. The van der Waals surface area contributed by atoms with E-state index >= 15 is 0 Å². The standard InChI is InChI=1S/C19H21N3O3S/c1-10-14-17(20-9-22(5)18(14)25)26-15(10)16(24)21-12-8-11(19(2,3)4)6-7-13(12)23/h6-9,23H,1-5H3,(H,21,24). The van der Waals surface area contributed by atoms with E-state index < -0.39 is 0 Å². The Bertz CT molecular complexity index is 1070. The summed E-state index contributed by atoms with van der Waals surface area (Å²) in [5, 5.41) is 13.3. The molecule has 0 radical (unpaired) electrons. The number of amides is 1. The highest BCUT2D eigenvalue weighted by atomic mass is 32.1. The van der Waals surface area contributed by atoms with Crippen LogP contribution in [0.4, 0.5) is 5.69 Å². The van der Waals surface area contributed by atoms with Gasteiger partial charge >= 0.3 is 0 Å².